The molecule has 1 heterocycles. The first-order chi connectivity index (χ1) is 13.5. The van der Waals surface area contributed by atoms with Crippen LogP contribution in [0.5, 0.6) is 0 Å². The predicted molar refractivity (Wildman–Crippen MR) is 114 cm³/mol. The van der Waals surface area contributed by atoms with Crippen LogP contribution in [0, 0.1) is 6.92 Å². The van der Waals surface area contributed by atoms with E-state index in [0.29, 0.717) is 15.9 Å². The van der Waals surface area contributed by atoms with Gasteiger partial charge in [0, 0.05) is 23.2 Å². The van der Waals surface area contributed by atoms with Crippen molar-refractivity contribution in [2.45, 2.75) is 37.5 Å². The fourth-order valence-electron chi connectivity index (χ4n) is 3.09. The SMILES string of the molecule is Cc1c(Cl)cccc1NC(=O)CC1SC(=Nc2ccccc2)N(C2CC2)C1=O. The summed E-state index contributed by atoms with van der Waals surface area (Å²) in [5.74, 6) is -0.229. The number of halogens is 1. The van der Waals surface area contributed by atoms with Crippen LogP contribution in [0.15, 0.2) is 53.5 Å². The smallest absolute Gasteiger partial charge is 0.242 e. The molecule has 2 aliphatic rings. The molecule has 7 heteroatoms. The Morgan fingerprint density at radius 3 is 2.68 bits per heavy atom. The number of carbonyl (C=O) groups excluding carboxylic acids is 2. The number of hydrogen-bond acceptors (Lipinski definition) is 4. The monoisotopic (exact) mass is 413 g/mol. The standard InChI is InChI=1S/C21H20ClN3O2S/c1-13-16(22)8-5-9-17(13)24-19(26)12-18-20(27)25(15-10-11-15)21(28-18)23-14-6-3-2-4-7-14/h2-9,15,18H,10-12H2,1H3,(H,24,26). The van der Waals surface area contributed by atoms with Crippen LogP contribution in [-0.2, 0) is 9.59 Å². The van der Waals surface area contributed by atoms with Crippen LogP contribution in [0.2, 0.25) is 5.02 Å². The number of nitrogens with zero attached hydrogens (tertiary/aromatic N) is 2. The van der Waals surface area contributed by atoms with E-state index in [9.17, 15) is 9.59 Å². The molecule has 1 atom stereocenters. The summed E-state index contributed by atoms with van der Waals surface area (Å²) in [5.41, 5.74) is 2.29. The molecule has 0 radical (unpaired) electrons. The van der Waals surface area contributed by atoms with E-state index in [-0.39, 0.29) is 24.3 Å². The molecule has 0 spiro atoms. The number of amides is 2. The number of amidine groups is 1. The van der Waals surface area contributed by atoms with Gasteiger partial charge < -0.3 is 5.32 Å². The highest BCUT2D eigenvalue weighted by atomic mass is 35.5. The zero-order chi connectivity index (χ0) is 19.7. The second-order valence-electron chi connectivity index (χ2n) is 6.94. The molecular formula is C21H20ClN3O2S. The zero-order valence-electron chi connectivity index (χ0n) is 15.4. The average Bonchev–Trinajstić information content (AvgIpc) is 3.46. The van der Waals surface area contributed by atoms with Gasteiger partial charge in [0.25, 0.3) is 0 Å². The molecule has 1 N–H and O–H groups in total. The largest absolute Gasteiger partial charge is 0.326 e. The van der Waals surface area contributed by atoms with Crippen LogP contribution in [0.3, 0.4) is 0 Å². The lowest BCUT2D eigenvalue weighted by Gasteiger charge is -2.15. The van der Waals surface area contributed by atoms with E-state index in [1.807, 2.05) is 43.3 Å². The normalized spacial score (nSPS) is 20.6. The highest BCUT2D eigenvalue weighted by molar-refractivity contribution is 8.15. The van der Waals surface area contributed by atoms with Crippen LogP contribution >= 0.6 is 23.4 Å². The number of thioether (sulfide) groups is 1. The Balaban J connectivity index is 1.49. The molecule has 2 fully saturated rings. The molecule has 1 aliphatic heterocycles. The molecule has 5 nitrogen and oxygen atoms in total. The van der Waals surface area contributed by atoms with Crippen molar-refractivity contribution < 1.29 is 9.59 Å². The number of hydrogen-bond donors (Lipinski definition) is 1. The molecule has 2 amide bonds. The minimum Gasteiger partial charge on any atom is -0.326 e. The van der Waals surface area contributed by atoms with Crippen molar-refractivity contribution in [1.82, 2.24) is 4.90 Å². The molecule has 0 bridgehead atoms. The Morgan fingerprint density at radius 1 is 1.21 bits per heavy atom. The lowest BCUT2D eigenvalue weighted by molar-refractivity contribution is -0.128. The minimum absolute atomic E-state index is 0.0276. The van der Waals surface area contributed by atoms with Gasteiger partial charge in [0.1, 0.15) is 5.25 Å². The molecule has 4 rings (SSSR count). The van der Waals surface area contributed by atoms with Gasteiger partial charge in [-0.05, 0) is 49.6 Å². The summed E-state index contributed by atoms with van der Waals surface area (Å²) < 4.78 is 0. The number of benzene rings is 2. The summed E-state index contributed by atoms with van der Waals surface area (Å²) in [7, 11) is 0. The van der Waals surface area contributed by atoms with Gasteiger partial charge in [-0.1, -0.05) is 47.6 Å². The molecule has 2 aromatic carbocycles. The quantitative estimate of drug-likeness (QED) is 0.767. The maximum Gasteiger partial charge on any atom is 0.242 e. The summed E-state index contributed by atoms with van der Waals surface area (Å²) in [6, 6.07) is 15.2. The average molecular weight is 414 g/mol. The van der Waals surface area contributed by atoms with Crippen molar-refractivity contribution in [3.8, 4) is 0 Å². The molecule has 1 saturated carbocycles. The van der Waals surface area contributed by atoms with E-state index in [4.69, 9.17) is 11.6 Å². The van der Waals surface area contributed by atoms with Gasteiger partial charge >= 0.3 is 0 Å². The third kappa shape index (κ3) is 4.08. The third-order valence-electron chi connectivity index (χ3n) is 4.77. The second kappa shape index (κ2) is 7.97. The van der Waals surface area contributed by atoms with Crippen molar-refractivity contribution in [1.29, 1.82) is 0 Å². The van der Waals surface area contributed by atoms with Gasteiger partial charge in [-0.25, -0.2) is 4.99 Å². The molecule has 1 saturated heterocycles. The van der Waals surface area contributed by atoms with Gasteiger partial charge in [0.2, 0.25) is 11.8 Å². The molecule has 2 aromatic rings. The lowest BCUT2D eigenvalue weighted by atomic mass is 10.2. The third-order valence-corrected chi connectivity index (χ3v) is 6.33. The van der Waals surface area contributed by atoms with Gasteiger partial charge in [0.15, 0.2) is 5.17 Å². The van der Waals surface area contributed by atoms with Crippen molar-refractivity contribution in [2.24, 2.45) is 4.99 Å². The maximum absolute atomic E-state index is 12.9. The lowest BCUT2D eigenvalue weighted by Crippen LogP contribution is -2.35. The van der Waals surface area contributed by atoms with E-state index in [1.165, 1.54) is 11.8 Å². The van der Waals surface area contributed by atoms with E-state index in [2.05, 4.69) is 10.3 Å². The Bertz CT molecular complexity index is 944. The topological polar surface area (TPSA) is 61.8 Å². The fourth-order valence-corrected chi connectivity index (χ4v) is 4.48. The van der Waals surface area contributed by atoms with E-state index >= 15 is 0 Å². The van der Waals surface area contributed by atoms with Crippen LogP contribution < -0.4 is 5.32 Å². The Morgan fingerprint density at radius 2 is 1.96 bits per heavy atom. The number of para-hydroxylation sites is 1. The predicted octanol–water partition coefficient (Wildman–Crippen LogP) is 4.77. The van der Waals surface area contributed by atoms with Crippen LogP contribution in [0.4, 0.5) is 11.4 Å². The van der Waals surface area contributed by atoms with Crippen LogP contribution in [-0.4, -0.2) is 33.2 Å². The van der Waals surface area contributed by atoms with Crippen molar-refractivity contribution in [2.75, 3.05) is 5.32 Å². The van der Waals surface area contributed by atoms with Gasteiger partial charge in [-0.3, -0.25) is 14.5 Å². The van der Waals surface area contributed by atoms with E-state index < -0.39 is 5.25 Å². The Hall–Kier alpha value is -2.31. The van der Waals surface area contributed by atoms with Gasteiger partial charge in [-0.15, -0.1) is 0 Å². The molecular weight excluding hydrogens is 394 g/mol. The summed E-state index contributed by atoms with van der Waals surface area (Å²) in [6.45, 7) is 1.85. The van der Waals surface area contributed by atoms with E-state index in [1.54, 1.807) is 17.0 Å². The number of aliphatic imine (C=N–C) groups is 1. The first-order valence-corrected chi connectivity index (χ1v) is 10.5. The van der Waals surface area contributed by atoms with Crippen LogP contribution in [0.25, 0.3) is 0 Å². The highest BCUT2D eigenvalue weighted by Gasteiger charge is 2.46. The zero-order valence-corrected chi connectivity index (χ0v) is 17.0. The van der Waals surface area contributed by atoms with Crippen LogP contribution in [0.1, 0.15) is 24.8 Å². The number of carbonyl (C=O) groups is 2. The summed E-state index contributed by atoms with van der Waals surface area (Å²) in [6.07, 6.45) is 2.08. The maximum atomic E-state index is 12.9. The summed E-state index contributed by atoms with van der Waals surface area (Å²) >= 11 is 7.49. The first kappa shape index (κ1) is 19.0. The number of rotatable bonds is 5. The number of anilines is 1. The second-order valence-corrected chi connectivity index (χ2v) is 8.52. The molecule has 144 valence electrons. The molecule has 28 heavy (non-hydrogen) atoms. The molecule has 0 aromatic heterocycles. The van der Waals surface area contributed by atoms with Crippen molar-refractivity contribution in [3.05, 3.63) is 59.1 Å². The summed E-state index contributed by atoms with van der Waals surface area (Å²) in [5, 5.41) is 3.71. The van der Waals surface area contributed by atoms with Gasteiger partial charge in [0.05, 0.1) is 5.69 Å². The van der Waals surface area contributed by atoms with Gasteiger partial charge in [-0.2, -0.15) is 0 Å². The Kier molecular flexibility index (Phi) is 5.42. The number of nitrogens with one attached hydrogen (secondary N) is 1. The summed E-state index contributed by atoms with van der Waals surface area (Å²) in [4.78, 5) is 31.9. The molecule has 1 aliphatic carbocycles. The highest BCUT2D eigenvalue weighted by Crippen LogP contribution is 2.39. The minimum atomic E-state index is -0.456. The fraction of sp³-hybridized carbons (Fsp3) is 0.286. The first-order valence-electron chi connectivity index (χ1n) is 9.21. The Labute approximate surface area is 173 Å². The van der Waals surface area contributed by atoms with E-state index in [0.717, 1.165) is 24.1 Å². The van der Waals surface area contributed by atoms with Crippen molar-refractivity contribution in [3.63, 3.8) is 0 Å². The van der Waals surface area contributed by atoms with Crippen molar-refractivity contribution >= 4 is 51.7 Å². The molecule has 1 unspecified atom stereocenters.